The zero-order valence-corrected chi connectivity index (χ0v) is 25.0. The molecule has 1 fully saturated rings. The molecule has 0 radical (unpaired) electrons. The number of ether oxygens (including phenoxy) is 3. The Morgan fingerprint density at radius 3 is 2.65 bits per heavy atom. The molecule has 1 aliphatic carbocycles. The lowest BCUT2D eigenvalue weighted by Crippen LogP contribution is -2.27. The third-order valence-corrected chi connectivity index (χ3v) is 8.52. The van der Waals surface area contributed by atoms with Gasteiger partial charge in [-0.1, -0.05) is 41.9 Å². The Bertz CT molecular complexity index is 1850. The highest BCUT2D eigenvalue weighted by atomic mass is 35.5. The summed E-state index contributed by atoms with van der Waals surface area (Å²) >= 11 is 6.58. The van der Waals surface area contributed by atoms with E-state index >= 15 is 0 Å². The summed E-state index contributed by atoms with van der Waals surface area (Å²) < 4.78 is 20.2. The van der Waals surface area contributed by atoms with Gasteiger partial charge in [-0.05, 0) is 73.7 Å². The highest BCUT2D eigenvalue weighted by molar-refractivity contribution is 6.33. The Morgan fingerprint density at radius 1 is 1.02 bits per heavy atom. The van der Waals surface area contributed by atoms with Crippen LogP contribution in [0.5, 0.6) is 5.75 Å². The van der Waals surface area contributed by atoms with Gasteiger partial charge in [0.2, 0.25) is 0 Å². The monoisotopic (exact) mass is 596 g/mol. The van der Waals surface area contributed by atoms with E-state index in [1.165, 1.54) is 17.5 Å². The number of aryl methyl sites for hydroxylation is 1. The van der Waals surface area contributed by atoms with Gasteiger partial charge in [0.15, 0.2) is 5.79 Å². The van der Waals surface area contributed by atoms with Crippen molar-refractivity contribution in [3.05, 3.63) is 94.9 Å². The summed E-state index contributed by atoms with van der Waals surface area (Å²) in [6, 6.07) is 18.2. The Kier molecular flexibility index (Phi) is 6.96. The number of anilines is 2. The lowest BCUT2D eigenvalue weighted by molar-refractivity contribution is -0.147. The minimum Gasteiger partial charge on any atom is -0.497 e. The quantitative estimate of drug-likeness (QED) is 0.196. The number of nitrogens with two attached hydrogens (primary N) is 1. The molecule has 0 unspecified atom stereocenters. The molecule has 220 valence electrons. The van der Waals surface area contributed by atoms with E-state index in [-0.39, 0.29) is 18.2 Å². The van der Waals surface area contributed by atoms with Crippen LogP contribution in [0.3, 0.4) is 0 Å². The second kappa shape index (κ2) is 10.8. The highest BCUT2D eigenvalue weighted by Gasteiger charge is 2.50. The third kappa shape index (κ3) is 5.29. The van der Waals surface area contributed by atoms with Gasteiger partial charge in [0.25, 0.3) is 0 Å². The van der Waals surface area contributed by atoms with Crippen molar-refractivity contribution in [2.75, 3.05) is 18.2 Å². The molecule has 9 nitrogen and oxygen atoms in total. The molecule has 2 aromatic carbocycles. The van der Waals surface area contributed by atoms with Crippen LogP contribution in [0.1, 0.15) is 37.4 Å². The molecule has 3 atom stereocenters. The van der Waals surface area contributed by atoms with Crippen LogP contribution >= 0.6 is 11.6 Å². The van der Waals surface area contributed by atoms with Crippen molar-refractivity contribution in [1.29, 1.82) is 0 Å². The smallest absolute Gasteiger partial charge is 0.164 e. The van der Waals surface area contributed by atoms with Gasteiger partial charge in [0.1, 0.15) is 41.6 Å². The first-order valence-corrected chi connectivity index (χ1v) is 14.7. The number of halogens is 1. The van der Waals surface area contributed by atoms with E-state index in [1.54, 1.807) is 7.11 Å². The molecule has 7 rings (SSSR count). The van der Waals surface area contributed by atoms with E-state index in [0.717, 1.165) is 46.1 Å². The van der Waals surface area contributed by atoms with Gasteiger partial charge in [-0.3, -0.25) is 0 Å². The van der Waals surface area contributed by atoms with E-state index in [4.69, 9.17) is 36.5 Å². The number of benzene rings is 2. The van der Waals surface area contributed by atoms with Crippen molar-refractivity contribution >= 4 is 45.2 Å². The molecular weight excluding hydrogens is 564 g/mol. The number of hydrogen-bond acceptors (Lipinski definition) is 8. The minimum atomic E-state index is -0.675. The minimum absolute atomic E-state index is 0.0617. The molecule has 0 saturated carbocycles. The zero-order valence-electron chi connectivity index (χ0n) is 24.3. The van der Waals surface area contributed by atoms with E-state index < -0.39 is 5.79 Å². The molecule has 43 heavy (non-hydrogen) atoms. The van der Waals surface area contributed by atoms with Crippen molar-refractivity contribution in [1.82, 2.24) is 19.5 Å². The van der Waals surface area contributed by atoms with Crippen molar-refractivity contribution in [2.45, 2.75) is 57.3 Å². The number of nitrogens with zero attached hydrogens (tertiary/aromatic N) is 4. The standard InChI is InChI=1S/C33H33ClN6O3/c1-33(2)42-28-22(16-27(29(28)43-33)40-13-12-24-30(35)37-18-38-32(24)40)9-5-19-4-8-21-15-25(34)31(39-26(21)14-19)36-17-20-6-10-23(41-3)11-7-20/h4,6-8,10-16,18,27-29H,5,9,17H2,1-3H3,(H,36,39)(H2,35,37,38)/t27-,28-,29+/m1/s1. The van der Waals surface area contributed by atoms with E-state index in [2.05, 4.69) is 44.1 Å². The Balaban J connectivity index is 1.11. The normalized spacial score (nSPS) is 20.8. The van der Waals surface area contributed by atoms with Crippen LogP contribution in [0.2, 0.25) is 5.02 Å². The van der Waals surface area contributed by atoms with Gasteiger partial charge in [0, 0.05) is 18.1 Å². The van der Waals surface area contributed by atoms with Gasteiger partial charge in [-0.25, -0.2) is 15.0 Å². The van der Waals surface area contributed by atoms with Gasteiger partial charge in [-0.15, -0.1) is 0 Å². The topological polar surface area (TPSA) is 109 Å². The van der Waals surface area contributed by atoms with Crippen LogP contribution < -0.4 is 15.8 Å². The Morgan fingerprint density at radius 2 is 1.84 bits per heavy atom. The first-order chi connectivity index (χ1) is 20.8. The molecule has 1 aliphatic heterocycles. The summed E-state index contributed by atoms with van der Waals surface area (Å²) in [4.78, 5) is 13.5. The number of fused-ring (bicyclic) bond motifs is 3. The molecule has 3 aromatic heterocycles. The second-order valence-corrected chi connectivity index (χ2v) is 11.9. The lowest BCUT2D eigenvalue weighted by atomic mass is 10.0. The Labute approximate surface area is 254 Å². The number of pyridine rings is 1. The zero-order chi connectivity index (χ0) is 29.7. The van der Waals surface area contributed by atoms with Crippen LogP contribution in [0.15, 0.2) is 78.8 Å². The van der Waals surface area contributed by atoms with E-state index in [9.17, 15) is 0 Å². The van der Waals surface area contributed by atoms with Gasteiger partial charge < -0.3 is 29.8 Å². The largest absolute Gasteiger partial charge is 0.497 e. The number of nitrogen functional groups attached to an aromatic ring is 1. The molecule has 10 heteroatoms. The first kappa shape index (κ1) is 27.6. The summed E-state index contributed by atoms with van der Waals surface area (Å²) in [7, 11) is 1.66. The van der Waals surface area contributed by atoms with Crippen LogP contribution in [-0.2, 0) is 22.4 Å². The number of aromatic nitrogens is 4. The van der Waals surface area contributed by atoms with Crippen molar-refractivity contribution < 1.29 is 14.2 Å². The summed E-state index contributed by atoms with van der Waals surface area (Å²) in [6.07, 6.45) is 7.15. The van der Waals surface area contributed by atoms with Crippen molar-refractivity contribution in [3.63, 3.8) is 0 Å². The molecule has 3 N–H and O–H groups in total. The molecule has 5 aromatic rings. The maximum absolute atomic E-state index is 6.58. The highest BCUT2D eigenvalue weighted by Crippen LogP contribution is 2.45. The van der Waals surface area contributed by atoms with Crippen LogP contribution in [-0.4, -0.2) is 44.6 Å². The summed E-state index contributed by atoms with van der Waals surface area (Å²) in [5.74, 6) is 1.28. The maximum Gasteiger partial charge on any atom is 0.164 e. The SMILES string of the molecule is COc1ccc(CNc2nc3cc(CCC4=C[C@@H](n5ccc6c(N)ncnc65)[C@@H]5OC(C)(C)O[C@H]45)ccc3cc2Cl)cc1. The average Bonchev–Trinajstić information content (AvgIpc) is 3.66. The molecule has 0 amide bonds. The van der Waals surface area contributed by atoms with Crippen molar-refractivity contribution in [3.8, 4) is 5.75 Å². The molecule has 0 bridgehead atoms. The molecule has 0 spiro atoms. The number of rotatable bonds is 8. The number of hydrogen-bond donors (Lipinski definition) is 2. The number of methoxy groups -OCH3 is 1. The van der Waals surface area contributed by atoms with E-state index in [0.29, 0.717) is 23.2 Å². The van der Waals surface area contributed by atoms with E-state index in [1.807, 2.05) is 56.4 Å². The fourth-order valence-electron chi connectivity index (χ4n) is 6.11. The average molecular weight is 597 g/mol. The maximum atomic E-state index is 6.58. The first-order valence-electron chi connectivity index (χ1n) is 14.4. The molecule has 2 aliphatic rings. The molecular formula is C33H33ClN6O3. The fraction of sp³-hybridized carbons (Fsp3) is 0.303. The predicted octanol–water partition coefficient (Wildman–Crippen LogP) is 6.47. The predicted molar refractivity (Wildman–Crippen MR) is 168 cm³/mol. The van der Waals surface area contributed by atoms with Gasteiger partial charge in [-0.2, -0.15) is 0 Å². The number of nitrogens with one attached hydrogen (secondary N) is 1. The molecule has 4 heterocycles. The second-order valence-electron chi connectivity index (χ2n) is 11.5. The Hall–Kier alpha value is -4.18. The van der Waals surface area contributed by atoms with Crippen molar-refractivity contribution in [2.24, 2.45) is 0 Å². The third-order valence-electron chi connectivity index (χ3n) is 8.23. The molecule has 1 saturated heterocycles. The van der Waals surface area contributed by atoms with Crippen LogP contribution in [0.25, 0.3) is 21.9 Å². The van der Waals surface area contributed by atoms with Crippen LogP contribution in [0.4, 0.5) is 11.6 Å². The summed E-state index contributed by atoms with van der Waals surface area (Å²) in [6.45, 7) is 4.54. The lowest BCUT2D eigenvalue weighted by Gasteiger charge is -2.22. The van der Waals surface area contributed by atoms with Crippen LogP contribution in [0, 0.1) is 0 Å². The fourth-order valence-corrected chi connectivity index (χ4v) is 6.34. The van der Waals surface area contributed by atoms with Gasteiger partial charge in [0.05, 0.1) is 29.1 Å². The summed E-state index contributed by atoms with van der Waals surface area (Å²) in [5, 5.41) is 5.80. The van der Waals surface area contributed by atoms with Gasteiger partial charge >= 0.3 is 0 Å². The summed E-state index contributed by atoms with van der Waals surface area (Å²) in [5.41, 5.74) is 11.3.